The van der Waals surface area contributed by atoms with Gasteiger partial charge in [0.05, 0.1) is 0 Å². The fraction of sp³-hybridized carbons (Fsp3) is 0.667. The van der Waals surface area contributed by atoms with Crippen LogP contribution < -0.4 is 0 Å². The molecule has 2 heteroatoms. The minimum absolute atomic E-state index is 0.255. The van der Waals surface area contributed by atoms with E-state index in [1.54, 1.807) is 11.1 Å². The largest absolute Gasteiger partial charge is 0.102 e. The molecular formula is C18H28I2. The van der Waals surface area contributed by atoms with E-state index < -0.39 is 0 Å². The predicted octanol–water partition coefficient (Wildman–Crippen LogP) is 7.03. The molecule has 0 fully saturated rings. The Labute approximate surface area is 152 Å². The number of hydrogen-bond donors (Lipinski definition) is 0. The molecule has 0 aromatic carbocycles. The van der Waals surface area contributed by atoms with Gasteiger partial charge in [-0.3, -0.25) is 0 Å². The Kier molecular flexibility index (Phi) is 8.39. The molecule has 0 aromatic heterocycles. The molecule has 1 aliphatic carbocycles. The third-order valence-electron chi connectivity index (χ3n) is 4.47. The maximum Gasteiger partial charge on any atom is 0.0401 e. The zero-order valence-corrected chi connectivity index (χ0v) is 17.4. The highest BCUT2D eigenvalue weighted by atomic mass is 127. The monoisotopic (exact) mass is 498 g/mol. The second-order valence-electron chi connectivity index (χ2n) is 5.70. The second-order valence-corrected chi connectivity index (χ2v) is 9.35. The van der Waals surface area contributed by atoms with Gasteiger partial charge in [0, 0.05) is 7.35 Å². The minimum atomic E-state index is 0.255. The summed E-state index contributed by atoms with van der Waals surface area (Å²) >= 11 is 5.22. The van der Waals surface area contributed by atoms with Crippen LogP contribution in [0.5, 0.6) is 0 Å². The van der Waals surface area contributed by atoms with Gasteiger partial charge in [-0.1, -0.05) is 89.8 Å². The van der Waals surface area contributed by atoms with Crippen LogP contribution in [-0.2, 0) is 0 Å². The molecule has 0 N–H and O–H groups in total. The van der Waals surface area contributed by atoms with Crippen LogP contribution in [0.15, 0.2) is 36.0 Å². The molecule has 20 heavy (non-hydrogen) atoms. The van der Waals surface area contributed by atoms with E-state index in [1.807, 2.05) is 0 Å². The maximum absolute atomic E-state index is 4.07. The fourth-order valence-electron chi connectivity index (χ4n) is 2.96. The van der Waals surface area contributed by atoms with Crippen LogP contribution in [0.25, 0.3) is 0 Å². The van der Waals surface area contributed by atoms with E-state index in [-0.39, 0.29) is 3.42 Å². The van der Waals surface area contributed by atoms with E-state index in [1.165, 1.54) is 38.5 Å². The van der Waals surface area contributed by atoms with E-state index in [9.17, 15) is 0 Å². The van der Waals surface area contributed by atoms with Crippen molar-refractivity contribution in [1.82, 2.24) is 0 Å². The summed E-state index contributed by atoms with van der Waals surface area (Å²) in [4.78, 5) is 0. The van der Waals surface area contributed by atoms with Crippen LogP contribution in [-0.4, -0.2) is 7.35 Å². The Hall–Kier alpha value is 0.680. The Bertz CT molecular complexity index is 381. The smallest absolute Gasteiger partial charge is 0.0401 e. The van der Waals surface area contributed by atoms with Crippen molar-refractivity contribution in [3.05, 3.63) is 36.0 Å². The van der Waals surface area contributed by atoms with Crippen LogP contribution in [0.4, 0.5) is 0 Å². The molecule has 0 aromatic rings. The molecule has 0 aliphatic heterocycles. The Morgan fingerprint density at radius 2 is 2.05 bits per heavy atom. The molecular weight excluding hydrogens is 470 g/mol. The number of alkyl halides is 2. The average Bonchev–Trinajstić information content (AvgIpc) is 2.51. The molecule has 3 atom stereocenters. The summed E-state index contributed by atoms with van der Waals surface area (Å²) in [6.45, 7) is 11.0. The molecule has 0 heterocycles. The van der Waals surface area contributed by atoms with Gasteiger partial charge < -0.3 is 0 Å². The van der Waals surface area contributed by atoms with Gasteiger partial charge in [-0.15, -0.1) is 6.58 Å². The predicted molar refractivity (Wildman–Crippen MR) is 109 cm³/mol. The first-order chi connectivity index (χ1) is 9.51. The summed E-state index contributed by atoms with van der Waals surface area (Å²) in [5, 5.41) is 0. The molecule has 0 nitrogen and oxygen atoms in total. The first-order valence-electron chi connectivity index (χ1n) is 7.87. The van der Waals surface area contributed by atoms with Gasteiger partial charge in [0.1, 0.15) is 0 Å². The topological polar surface area (TPSA) is 0 Å². The lowest BCUT2D eigenvalue weighted by Crippen LogP contribution is -2.23. The summed E-state index contributed by atoms with van der Waals surface area (Å²) in [5.41, 5.74) is 3.35. The SMILES string of the molecule is C=CC(I)(CC)CC(CC)C1=C(C(I)CC)C=CCC1. The van der Waals surface area contributed by atoms with Gasteiger partial charge in [0.2, 0.25) is 0 Å². The minimum Gasteiger partial charge on any atom is -0.102 e. The van der Waals surface area contributed by atoms with E-state index in [4.69, 9.17) is 0 Å². The van der Waals surface area contributed by atoms with Gasteiger partial charge in [-0.25, -0.2) is 0 Å². The molecule has 0 bridgehead atoms. The molecule has 1 aliphatic rings. The van der Waals surface area contributed by atoms with Gasteiger partial charge in [0.25, 0.3) is 0 Å². The van der Waals surface area contributed by atoms with E-state index >= 15 is 0 Å². The van der Waals surface area contributed by atoms with Crippen LogP contribution in [0.3, 0.4) is 0 Å². The van der Waals surface area contributed by atoms with Gasteiger partial charge in [-0.2, -0.15) is 0 Å². The van der Waals surface area contributed by atoms with Crippen LogP contribution in [0.2, 0.25) is 0 Å². The summed E-state index contributed by atoms with van der Waals surface area (Å²) in [7, 11) is 0. The van der Waals surface area contributed by atoms with Gasteiger partial charge in [-0.05, 0) is 50.0 Å². The molecule has 114 valence electrons. The first-order valence-corrected chi connectivity index (χ1v) is 10.2. The Morgan fingerprint density at radius 3 is 2.55 bits per heavy atom. The van der Waals surface area contributed by atoms with Crippen LogP contribution in [0, 0.1) is 5.92 Å². The number of rotatable bonds is 8. The van der Waals surface area contributed by atoms with Crippen LogP contribution >= 0.6 is 45.2 Å². The Balaban J connectivity index is 3.04. The molecule has 0 saturated carbocycles. The van der Waals surface area contributed by atoms with Crippen molar-refractivity contribution in [2.75, 3.05) is 0 Å². The highest BCUT2D eigenvalue weighted by Crippen LogP contribution is 2.41. The molecule has 0 spiro atoms. The number of halogens is 2. The Morgan fingerprint density at radius 1 is 1.35 bits per heavy atom. The summed E-state index contributed by atoms with van der Waals surface area (Å²) < 4.78 is 0.923. The third-order valence-corrected chi connectivity index (χ3v) is 7.66. The van der Waals surface area contributed by atoms with Crippen molar-refractivity contribution in [3.63, 3.8) is 0 Å². The maximum atomic E-state index is 4.07. The van der Waals surface area contributed by atoms with E-state index in [0.29, 0.717) is 9.84 Å². The summed E-state index contributed by atoms with van der Waals surface area (Å²) in [6, 6.07) is 0. The van der Waals surface area contributed by atoms with Gasteiger partial charge >= 0.3 is 0 Å². The van der Waals surface area contributed by atoms with Crippen molar-refractivity contribution >= 4 is 45.2 Å². The van der Waals surface area contributed by atoms with E-state index in [0.717, 1.165) is 0 Å². The van der Waals surface area contributed by atoms with Crippen molar-refractivity contribution in [2.24, 2.45) is 5.92 Å². The fourth-order valence-corrected chi connectivity index (χ4v) is 4.10. The first kappa shape index (κ1) is 18.7. The average molecular weight is 498 g/mol. The molecule has 0 saturated heterocycles. The normalized spacial score (nSPS) is 21.4. The molecule has 0 amide bonds. The molecule has 0 radical (unpaired) electrons. The highest BCUT2D eigenvalue weighted by Gasteiger charge is 2.28. The highest BCUT2D eigenvalue weighted by molar-refractivity contribution is 14.1. The lowest BCUT2D eigenvalue weighted by Gasteiger charge is -2.32. The van der Waals surface area contributed by atoms with Crippen LogP contribution in [0.1, 0.15) is 59.3 Å². The zero-order chi connectivity index (χ0) is 15.2. The van der Waals surface area contributed by atoms with Crippen molar-refractivity contribution in [2.45, 2.75) is 66.6 Å². The lowest BCUT2D eigenvalue weighted by molar-refractivity contribution is 0.470. The van der Waals surface area contributed by atoms with E-state index in [2.05, 4.69) is 90.8 Å². The van der Waals surface area contributed by atoms with Crippen molar-refractivity contribution in [3.8, 4) is 0 Å². The lowest BCUT2D eigenvalue weighted by atomic mass is 9.79. The summed E-state index contributed by atoms with van der Waals surface area (Å²) in [5.74, 6) is 0.716. The molecule has 3 unspecified atom stereocenters. The van der Waals surface area contributed by atoms with Gasteiger partial charge in [0.15, 0.2) is 0 Å². The van der Waals surface area contributed by atoms with Crippen molar-refractivity contribution < 1.29 is 0 Å². The molecule has 1 rings (SSSR count). The quantitative estimate of drug-likeness (QED) is 0.192. The number of allylic oxidation sites excluding steroid dienone is 5. The third kappa shape index (κ3) is 4.85. The summed E-state index contributed by atoms with van der Waals surface area (Å²) in [6.07, 6.45) is 14.3. The van der Waals surface area contributed by atoms with Crippen molar-refractivity contribution in [1.29, 1.82) is 0 Å². The standard InChI is InChI=1S/C18H28I2/c1-5-14(13-18(20,7-3)8-4)15-11-9-10-12-16(15)17(19)6-2/h7,10,12,14,17H,3,5-6,8-9,11,13H2,1-2,4H3. The zero-order valence-electron chi connectivity index (χ0n) is 13.1. The second kappa shape index (κ2) is 8.96. The number of hydrogen-bond acceptors (Lipinski definition) is 0.